The number of thiophene rings is 1. The third kappa shape index (κ3) is 4.80. The standard InChI is InChI=1S/C47H29N5S/c1-3-13-30(14-4-1)45-48-46(31-15-5-2-6-16-31)50-47(49-45)52-40-21-11-9-19-36(40)38-28-33(24-26-42(38)52)32-23-25-41-37(27-32)35-18-8-10-20-39(35)51(41)44-29-34-17-7-12-22-43(34)53-44/h1-29H. The lowest BCUT2D eigenvalue weighted by atomic mass is 10.0. The third-order valence-corrected chi connectivity index (χ3v) is 11.3. The largest absolute Gasteiger partial charge is 0.301 e. The first-order chi connectivity index (χ1) is 26.3. The Balaban J connectivity index is 1.10. The van der Waals surface area contributed by atoms with E-state index in [2.05, 4.69) is 124 Å². The molecule has 0 N–H and O–H groups in total. The van der Waals surface area contributed by atoms with Crippen LogP contribution in [0, 0.1) is 0 Å². The molecule has 0 aliphatic rings. The summed E-state index contributed by atoms with van der Waals surface area (Å²) >= 11 is 1.83. The number of hydrogen-bond acceptors (Lipinski definition) is 4. The minimum absolute atomic E-state index is 0.590. The highest BCUT2D eigenvalue weighted by Gasteiger charge is 2.19. The van der Waals surface area contributed by atoms with Crippen molar-refractivity contribution in [3.05, 3.63) is 176 Å². The lowest BCUT2D eigenvalue weighted by Crippen LogP contribution is -2.06. The minimum atomic E-state index is 0.590. The van der Waals surface area contributed by atoms with Gasteiger partial charge in [-0.05, 0) is 65.0 Å². The van der Waals surface area contributed by atoms with E-state index < -0.39 is 0 Å². The molecule has 0 unspecified atom stereocenters. The fraction of sp³-hybridized carbons (Fsp3) is 0. The number of aromatic nitrogens is 5. The number of rotatable bonds is 5. The molecule has 0 fully saturated rings. The SMILES string of the molecule is c1ccc(-c2nc(-c3ccccc3)nc(-n3c4ccccc4c4cc(-c5ccc6c(c5)c5ccccc5n6-c5cc6ccccc6s5)ccc43)n2)cc1. The summed E-state index contributed by atoms with van der Waals surface area (Å²) in [5, 5.41) is 7.28. The van der Waals surface area contributed by atoms with E-state index in [9.17, 15) is 0 Å². The molecule has 0 aliphatic carbocycles. The van der Waals surface area contributed by atoms with Crippen molar-refractivity contribution in [2.75, 3.05) is 0 Å². The molecule has 0 aliphatic heterocycles. The third-order valence-electron chi connectivity index (χ3n) is 10.2. The van der Waals surface area contributed by atoms with E-state index in [-0.39, 0.29) is 0 Å². The second-order valence-electron chi connectivity index (χ2n) is 13.3. The molecule has 11 aromatic rings. The highest BCUT2D eigenvalue weighted by molar-refractivity contribution is 7.21. The van der Waals surface area contributed by atoms with Crippen LogP contribution in [0.4, 0.5) is 0 Å². The van der Waals surface area contributed by atoms with Crippen LogP contribution in [0.2, 0.25) is 0 Å². The Morgan fingerprint density at radius 3 is 1.45 bits per heavy atom. The summed E-state index contributed by atoms with van der Waals surface area (Å²) in [6.45, 7) is 0. The predicted molar refractivity (Wildman–Crippen MR) is 220 cm³/mol. The van der Waals surface area contributed by atoms with E-state index in [1.54, 1.807) is 0 Å². The first-order valence-corrected chi connectivity index (χ1v) is 18.5. The number of benzene rings is 7. The molecule has 0 saturated carbocycles. The normalized spacial score (nSPS) is 11.8. The maximum Gasteiger partial charge on any atom is 0.238 e. The Labute approximate surface area is 308 Å². The summed E-state index contributed by atoms with van der Waals surface area (Å²) < 4.78 is 5.89. The highest BCUT2D eigenvalue weighted by Crippen LogP contribution is 2.40. The zero-order chi connectivity index (χ0) is 34.9. The molecule has 0 atom stereocenters. The quantitative estimate of drug-likeness (QED) is 0.180. The molecule has 248 valence electrons. The van der Waals surface area contributed by atoms with Gasteiger partial charge in [0.2, 0.25) is 5.95 Å². The topological polar surface area (TPSA) is 48.5 Å². The van der Waals surface area contributed by atoms with E-state index in [0.717, 1.165) is 38.5 Å². The summed E-state index contributed by atoms with van der Waals surface area (Å²) in [7, 11) is 0. The molecule has 4 heterocycles. The van der Waals surface area contributed by atoms with Crippen molar-refractivity contribution in [3.8, 4) is 44.9 Å². The summed E-state index contributed by atoms with van der Waals surface area (Å²) in [6, 6.07) is 62.1. The van der Waals surface area contributed by atoms with Crippen LogP contribution in [0.1, 0.15) is 0 Å². The molecule has 7 aromatic carbocycles. The molecule has 0 saturated heterocycles. The van der Waals surface area contributed by atoms with E-state index in [1.165, 1.54) is 42.5 Å². The molecule has 0 radical (unpaired) electrons. The molecule has 0 bridgehead atoms. The summed E-state index contributed by atoms with van der Waals surface area (Å²) in [5.74, 6) is 1.87. The average Bonchev–Trinajstić information content (AvgIpc) is 3.91. The minimum Gasteiger partial charge on any atom is -0.301 e. The summed E-state index contributed by atoms with van der Waals surface area (Å²) in [4.78, 5) is 15.1. The van der Waals surface area contributed by atoms with Crippen molar-refractivity contribution in [2.45, 2.75) is 0 Å². The van der Waals surface area contributed by atoms with Crippen molar-refractivity contribution in [1.29, 1.82) is 0 Å². The first kappa shape index (κ1) is 29.8. The average molecular weight is 696 g/mol. The lowest BCUT2D eigenvalue weighted by molar-refractivity contribution is 0.953. The van der Waals surface area contributed by atoms with E-state index in [1.807, 2.05) is 72.0 Å². The number of fused-ring (bicyclic) bond motifs is 7. The Hall–Kier alpha value is -6.89. The van der Waals surface area contributed by atoms with Gasteiger partial charge in [-0.3, -0.25) is 4.57 Å². The fourth-order valence-electron chi connectivity index (χ4n) is 7.73. The van der Waals surface area contributed by atoms with Gasteiger partial charge in [0.05, 0.1) is 22.1 Å². The predicted octanol–water partition coefficient (Wildman–Crippen LogP) is 12.3. The smallest absolute Gasteiger partial charge is 0.238 e. The van der Waals surface area contributed by atoms with Gasteiger partial charge in [0, 0.05) is 37.4 Å². The van der Waals surface area contributed by atoms with Crippen LogP contribution in [0.3, 0.4) is 0 Å². The maximum atomic E-state index is 5.10. The van der Waals surface area contributed by atoms with Crippen LogP contribution < -0.4 is 0 Å². The van der Waals surface area contributed by atoms with Gasteiger partial charge in [0.1, 0.15) is 5.00 Å². The van der Waals surface area contributed by atoms with Crippen LogP contribution >= 0.6 is 11.3 Å². The van der Waals surface area contributed by atoms with Gasteiger partial charge in [-0.25, -0.2) is 4.98 Å². The second kappa shape index (κ2) is 11.8. The van der Waals surface area contributed by atoms with Gasteiger partial charge >= 0.3 is 0 Å². The van der Waals surface area contributed by atoms with E-state index in [4.69, 9.17) is 15.0 Å². The van der Waals surface area contributed by atoms with Gasteiger partial charge in [0.25, 0.3) is 0 Å². The molecule has 0 amide bonds. The van der Waals surface area contributed by atoms with E-state index >= 15 is 0 Å². The van der Waals surface area contributed by atoms with Crippen LogP contribution in [0.15, 0.2) is 176 Å². The number of hydrogen-bond donors (Lipinski definition) is 0. The van der Waals surface area contributed by atoms with Crippen molar-refractivity contribution < 1.29 is 0 Å². The maximum absolute atomic E-state index is 5.10. The Morgan fingerprint density at radius 2 is 0.849 bits per heavy atom. The van der Waals surface area contributed by atoms with Gasteiger partial charge in [-0.15, -0.1) is 11.3 Å². The van der Waals surface area contributed by atoms with Crippen molar-refractivity contribution in [2.24, 2.45) is 0 Å². The summed E-state index contributed by atoms with van der Waals surface area (Å²) in [6.07, 6.45) is 0. The van der Waals surface area contributed by atoms with Crippen molar-refractivity contribution in [1.82, 2.24) is 24.1 Å². The van der Waals surface area contributed by atoms with Crippen LogP contribution in [-0.2, 0) is 0 Å². The first-order valence-electron chi connectivity index (χ1n) is 17.7. The molecular weight excluding hydrogens is 667 g/mol. The molecule has 11 rings (SSSR count). The Morgan fingerprint density at radius 1 is 0.358 bits per heavy atom. The Kier molecular flexibility index (Phi) is 6.66. The molecule has 6 heteroatoms. The van der Waals surface area contributed by atoms with Crippen molar-refractivity contribution >= 4 is 65.0 Å². The Bertz CT molecular complexity index is 3080. The van der Waals surface area contributed by atoms with Gasteiger partial charge in [-0.1, -0.05) is 127 Å². The van der Waals surface area contributed by atoms with Gasteiger partial charge in [-0.2, -0.15) is 9.97 Å². The van der Waals surface area contributed by atoms with Crippen LogP contribution in [0.25, 0.3) is 98.5 Å². The number of para-hydroxylation sites is 2. The zero-order valence-electron chi connectivity index (χ0n) is 28.4. The second-order valence-corrected chi connectivity index (χ2v) is 14.4. The highest BCUT2D eigenvalue weighted by atomic mass is 32.1. The number of nitrogens with zero attached hydrogens (tertiary/aromatic N) is 5. The molecule has 5 nitrogen and oxygen atoms in total. The fourth-order valence-corrected chi connectivity index (χ4v) is 8.82. The van der Waals surface area contributed by atoms with Gasteiger partial charge in [0.15, 0.2) is 11.6 Å². The van der Waals surface area contributed by atoms with Crippen LogP contribution in [0.5, 0.6) is 0 Å². The monoisotopic (exact) mass is 695 g/mol. The molecule has 4 aromatic heterocycles. The van der Waals surface area contributed by atoms with E-state index in [0.29, 0.717) is 17.6 Å². The van der Waals surface area contributed by atoms with Crippen LogP contribution in [-0.4, -0.2) is 24.1 Å². The molecule has 0 spiro atoms. The van der Waals surface area contributed by atoms with Gasteiger partial charge < -0.3 is 4.57 Å². The van der Waals surface area contributed by atoms with Crippen molar-refractivity contribution in [3.63, 3.8) is 0 Å². The zero-order valence-corrected chi connectivity index (χ0v) is 29.2. The lowest BCUT2D eigenvalue weighted by Gasteiger charge is -2.11. The molecule has 53 heavy (non-hydrogen) atoms. The summed E-state index contributed by atoms with van der Waals surface area (Å²) in [5.41, 5.74) is 8.73. The molecular formula is C47H29N5S.